The normalized spacial score (nSPS) is 19.4. The fourth-order valence-corrected chi connectivity index (χ4v) is 5.92. The molecule has 0 saturated carbocycles. The van der Waals surface area contributed by atoms with E-state index in [0.29, 0.717) is 16.0 Å². The van der Waals surface area contributed by atoms with Crippen LogP contribution in [0.1, 0.15) is 37.8 Å². The highest BCUT2D eigenvalue weighted by Crippen LogP contribution is 2.42. The minimum absolute atomic E-state index is 0.165. The molecule has 4 rings (SSSR count). The zero-order valence-corrected chi connectivity index (χ0v) is 20.9. The average Bonchev–Trinajstić information content (AvgIpc) is 3.21. The summed E-state index contributed by atoms with van der Waals surface area (Å²) in [5.41, 5.74) is 2.06. The Morgan fingerprint density at radius 2 is 1.52 bits per heavy atom. The number of halogens is 2. The molecule has 0 amide bonds. The van der Waals surface area contributed by atoms with E-state index in [1.165, 1.54) is 16.5 Å². The fraction of sp³-hybridized carbons (Fsp3) is 0.269. The Hall–Kier alpha value is -2.34. The van der Waals surface area contributed by atoms with Gasteiger partial charge in [0.2, 0.25) is 0 Å². The molecule has 1 aliphatic heterocycles. The summed E-state index contributed by atoms with van der Waals surface area (Å²) in [4.78, 5) is 0.165. The van der Waals surface area contributed by atoms with Crippen LogP contribution in [0.4, 0.5) is 0 Å². The Kier molecular flexibility index (Phi) is 6.85. The van der Waals surface area contributed by atoms with Gasteiger partial charge < -0.3 is 0 Å². The lowest BCUT2D eigenvalue weighted by atomic mass is 9.69. The Morgan fingerprint density at radius 1 is 0.939 bits per heavy atom. The van der Waals surface area contributed by atoms with Gasteiger partial charge in [0.05, 0.1) is 22.6 Å². The van der Waals surface area contributed by atoms with Crippen LogP contribution in [-0.4, -0.2) is 25.1 Å². The molecule has 0 radical (unpaired) electrons. The van der Waals surface area contributed by atoms with Crippen molar-refractivity contribution in [3.63, 3.8) is 0 Å². The molecule has 0 aromatic heterocycles. The van der Waals surface area contributed by atoms with Gasteiger partial charge in [-0.1, -0.05) is 85.9 Å². The van der Waals surface area contributed by atoms with Gasteiger partial charge in [-0.05, 0) is 59.9 Å². The Morgan fingerprint density at radius 3 is 2.09 bits per heavy atom. The van der Waals surface area contributed by atoms with Crippen molar-refractivity contribution in [1.82, 2.24) is 4.41 Å². The zero-order valence-electron chi connectivity index (χ0n) is 18.6. The van der Waals surface area contributed by atoms with Gasteiger partial charge in [0.1, 0.15) is 0 Å². The molecule has 3 aromatic rings. The van der Waals surface area contributed by atoms with Crippen molar-refractivity contribution in [2.24, 2.45) is 11.0 Å². The smallest absolute Gasteiger partial charge is 0.200 e. The maximum atomic E-state index is 13.6. The zero-order chi connectivity index (χ0) is 23.6. The summed E-state index contributed by atoms with van der Waals surface area (Å²) in [6.45, 7) is 4.57. The van der Waals surface area contributed by atoms with E-state index in [-0.39, 0.29) is 11.4 Å². The highest BCUT2D eigenvalue weighted by molar-refractivity contribution is 7.89. The lowest BCUT2D eigenvalue weighted by molar-refractivity contribution is 0.350. The molecular weight excluding hydrogens is 475 g/mol. The minimum atomic E-state index is -3.86. The SMILES string of the molecule is CCC(C)CC1(c2ccccc2)CN(S(=O)(=O)c2ccc(Cl)cc2)N=C1c1ccc(Cl)cc1. The van der Waals surface area contributed by atoms with Crippen LogP contribution in [0, 0.1) is 5.92 Å². The third kappa shape index (κ3) is 4.68. The van der Waals surface area contributed by atoms with Gasteiger partial charge >= 0.3 is 0 Å². The molecule has 2 unspecified atom stereocenters. The second-order valence-electron chi connectivity index (χ2n) is 8.56. The number of nitrogens with zero attached hydrogens (tertiary/aromatic N) is 2. The summed E-state index contributed by atoms with van der Waals surface area (Å²) in [5, 5.41) is 5.86. The van der Waals surface area contributed by atoms with Crippen LogP contribution in [-0.2, 0) is 15.4 Å². The molecular formula is C26H26Cl2N2O2S. The second kappa shape index (κ2) is 9.49. The standard InChI is InChI=1S/C26H26Cl2N2O2S/c1-3-19(2)17-26(21-7-5-4-6-8-21)18-30(29-25(26)20-9-11-22(27)12-10-20)33(31,32)24-15-13-23(28)14-16-24/h4-16,19H,3,17-18H2,1-2H3. The maximum Gasteiger partial charge on any atom is 0.279 e. The Balaban J connectivity index is 1.90. The molecule has 0 saturated heterocycles. The summed E-state index contributed by atoms with van der Waals surface area (Å²) in [6, 6.07) is 23.7. The third-order valence-electron chi connectivity index (χ3n) is 6.30. The number of hydrazone groups is 1. The van der Waals surface area contributed by atoms with Crippen LogP contribution in [0.5, 0.6) is 0 Å². The highest BCUT2D eigenvalue weighted by Gasteiger charge is 2.48. The Labute approximate surface area is 205 Å². The Bertz CT molecular complexity index is 1240. The molecule has 172 valence electrons. The van der Waals surface area contributed by atoms with E-state index in [1.807, 2.05) is 42.5 Å². The van der Waals surface area contributed by atoms with Crippen LogP contribution in [0.3, 0.4) is 0 Å². The van der Waals surface area contributed by atoms with Gasteiger partial charge in [-0.15, -0.1) is 0 Å². The molecule has 2 atom stereocenters. The molecule has 0 N–H and O–H groups in total. The van der Waals surface area contributed by atoms with E-state index in [2.05, 4.69) is 26.0 Å². The monoisotopic (exact) mass is 500 g/mol. The first kappa shape index (κ1) is 23.8. The van der Waals surface area contributed by atoms with Crippen LogP contribution in [0.2, 0.25) is 10.0 Å². The summed E-state index contributed by atoms with van der Waals surface area (Å²) < 4.78 is 28.5. The first-order valence-electron chi connectivity index (χ1n) is 10.9. The number of hydrogen-bond donors (Lipinski definition) is 0. The van der Waals surface area contributed by atoms with Crippen molar-refractivity contribution in [2.45, 2.75) is 37.0 Å². The summed E-state index contributed by atoms with van der Waals surface area (Å²) in [5.74, 6) is 0.362. The molecule has 4 nitrogen and oxygen atoms in total. The third-order valence-corrected chi connectivity index (χ3v) is 8.43. The van der Waals surface area contributed by atoms with Gasteiger partial charge in [-0.3, -0.25) is 0 Å². The molecule has 33 heavy (non-hydrogen) atoms. The number of rotatable bonds is 7. The van der Waals surface area contributed by atoms with Crippen molar-refractivity contribution in [3.05, 3.63) is 100 Å². The lowest BCUT2D eigenvalue weighted by Crippen LogP contribution is -2.41. The first-order chi connectivity index (χ1) is 15.8. The van der Waals surface area contributed by atoms with Crippen molar-refractivity contribution in [1.29, 1.82) is 0 Å². The van der Waals surface area contributed by atoms with E-state index < -0.39 is 15.4 Å². The van der Waals surface area contributed by atoms with E-state index >= 15 is 0 Å². The molecule has 7 heteroatoms. The number of hydrogen-bond acceptors (Lipinski definition) is 3. The minimum Gasteiger partial charge on any atom is -0.200 e. The van der Waals surface area contributed by atoms with E-state index in [9.17, 15) is 8.42 Å². The summed E-state index contributed by atoms with van der Waals surface area (Å²) >= 11 is 12.1. The van der Waals surface area contributed by atoms with Crippen molar-refractivity contribution < 1.29 is 8.42 Å². The first-order valence-corrected chi connectivity index (χ1v) is 13.1. The summed E-state index contributed by atoms with van der Waals surface area (Å²) in [7, 11) is -3.86. The topological polar surface area (TPSA) is 49.7 Å². The van der Waals surface area contributed by atoms with Crippen LogP contribution < -0.4 is 0 Å². The van der Waals surface area contributed by atoms with Crippen LogP contribution >= 0.6 is 23.2 Å². The van der Waals surface area contributed by atoms with E-state index in [0.717, 1.165) is 29.7 Å². The molecule has 0 spiro atoms. The van der Waals surface area contributed by atoms with Gasteiger partial charge in [0.25, 0.3) is 10.0 Å². The molecule has 0 aliphatic carbocycles. The number of benzene rings is 3. The second-order valence-corrected chi connectivity index (χ2v) is 11.3. The van der Waals surface area contributed by atoms with Gasteiger partial charge in [-0.2, -0.15) is 17.9 Å². The molecule has 0 fully saturated rings. The van der Waals surface area contributed by atoms with Crippen molar-refractivity contribution in [3.8, 4) is 0 Å². The predicted octanol–water partition coefficient (Wildman–Crippen LogP) is 6.78. The maximum absolute atomic E-state index is 13.6. The fourth-order valence-electron chi connectivity index (χ4n) is 4.36. The highest BCUT2D eigenvalue weighted by atomic mass is 35.5. The molecule has 0 bridgehead atoms. The lowest BCUT2D eigenvalue weighted by Gasteiger charge is -2.34. The van der Waals surface area contributed by atoms with Gasteiger partial charge in [-0.25, -0.2) is 0 Å². The number of sulfonamides is 1. The van der Waals surface area contributed by atoms with E-state index in [1.54, 1.807) is 12.1 Å². The molecule has 3 aromatic carbocycles. The van der Waals surface area contributed by atoms with Gasteiger partial charge in [0.15, 0.2) is 0 Å². The predicted molar refractivity (Wildman–Crippen MR) is 136 cm³/mol. The van der Waals surface area contributed by atoms with Crippen molar-refractivity contribution in [2.75, 3.05) is 6.54 Å². The summed E-state index contributed by atoms with van der Waals surface area (Å²) in [6.07, 6.45) is 1.74. The van der Waals surface area contributed by atoms with Crippen LogP contribution in [0.25, 0.3) is 0 Å². The largest absolute Gasteiger partial charge is 0.279 e. The quantitative estimate of drug-likeness (QED) is 0.359. The van der Waals surface area contributed by atoms with Gasteiger partial charge in [0, 0.05) is 10.0 Å². The molecule has 1 aliphatic rings. The average molecular weight is 501 g/mol. The van der Waals surface area contributed by atoms with Crippen LogP contribution in [0.15, 0.2) is 88.9 Å². The molecule has 1 heterocycles. The van der Waals surface area contributed by atoms with E-state index in [4.69, 9.17) is 28.3 Å². The van der Waals surface area contributed by atoms with Crippen molar-refractivity contribution >= 4 is 38.9 Å².